The minimum absolute atomic E-state index is 0.0415. The summed E-state index contributed by atoms with van der Waals surface area (Å²) in [5.41, 5.74) is 0.823. The Morgan fingerprint density at radius 2 is 2.27 bits per heavy atom. The predicted octanol–water partition coefficient (Wildman–Crippen LogP) is 3.99. The third-order valence-electron chi connectivity index (χ3n) is 5.01. The van der Waals surface area contributed by atoms with Gasteiger partial charge in [-0.1, -0.05) is 31.0 Å². The van der Waals surface area contributed by atoms with Crippen molar-refractivity contribution in [3.63, 3.8) is 0 Å². The van der Waals surface area contributed by atoms with Crippen LogP contribution < -0.4 is 0 Å². The van der Waals surface area contributed by atoms with Gasteiger partial charge in [0.2, 0.25) is 5.91 Å². The fourth-order valence-electron chi connectivity index (χ4n) is 3.56. The summed E-state index contributed by atoms with van der Waals surface area (Å²) >= 11 is 5.95. The lowest BCUT2D eigenvalue weighted by Gasteiger charge is -2.33. The number of aromatic hydroxyl groups is 1. The van der Waals surface area contributed by atoms with Crippen molar-refractivity contribution < 1.29 is 9.90 Å². The van der Waals surface area contributed by atoms with E-state index in [2.05, 4.69) is 16.5 Å². The minimum atomic E-state index is 0.0415. The number of aryl methyl sites for hydroxylation is 1. The van der Waals surface area contributed by atoms with E-state index in [4.69, 9.17) is 11.6 Å². The summed E-state index contributed by atoms with van der Waals surface area (Å²) in [4.78, 5) is 19.2. The van der Waals surface area contributed by atoms with Gasteiger partial charge in [-0.3, -0.25) is 4.79 Å². The fraction of sp³-hybridized carbons (Fsp3) is 0.500. The molecular weight excluding hydrogens is 350 g/mol. The number of amides is 1. The molecule has 0 saturated carbocycles. The van der Waals surface area contributed by atoms with Crippen molar-refractivity contribution in [2.24, 2.45) is 0 Å². The van der Waals surface area contributed by atoms with Crippen molar-refractivity contribution in [3.05, 3.63) is 47.0 Å². The van der Waals surface area contributed by atoms with Crippen molar-refractivity contribution in [2.75, 3.05) is 13.1 Å². The van der Waals surface area contributed by atoms with E-state index >= 15 is 0 Å². The number of hydrogen-bond acceptors (Lipinski definition) is 3. The summed E-state index contributed by atoms with van der Waals surface area (Å²) in [6.07, 6.45) is 8.57. The highest BCUT2D eigenvalue weighted by Gasteiger charge is 2.27. The second-order valence-corrected chi connectivity index (χ2v) is 7.38. The molecule has 1 saturated heterocycles. The van der Waals surface area contributed by atoms with Gasteiger partial charge in [-0.05, 0) is 37.0 Å². The van der Waals surface area contributed by atoms with E-state index in [0.717, 1.165) is 50.2 Å². The second-order valence-electron chi connectivity index (χ2n) is 6.97. The van der Waals surface area contributed by atoms with Crippen LogP contribution >= 0.6 is 11.6 Å². The quantitative estimate of drug-likeness (QED) is 0.830. The van der Waals surface area contributed by atoms with Crippen LogP contribution in [0.5, 0.6) is 5.75 Å². The zero-order chi connectivity index (χ0) is 18.5. The number of aromatic nitrogens is 2. The molecule has 1 fully saturated rings. The first kappa shape index (κ1) is 18.8. The molecule has 26 heavy (non-hydrogen) atoms. The van der Waals surface area contributed by atoms with Crippen molar-refractivity contribution >= 4 is 17.5 Å². The summed E-state index contributed by atoms with van der Waals surface area (Å²) in [5, 5.41) is 9.80. The molecule has 6 heteroatoms. The second kappa shape index (κ2) is 8.58. The number of phenolic OH excluding ortho intramolecular Hbond substituents is 1. The molecular formula is C20H26ClN3O2. The number of piperidine rings is 1. The van der Waals surface area contributed by atoms with Crippen molar-refractivity contribution in [2.45, 2.75) is 51.5 Å². The van der Waals surface area contributed by atoms with E-state index in [1.54, 1.807) is 12.1 Å². The third-order valence-corrected chi connectivity index (χ3v) is 5.31. The highest BCUT2D eigenvalue weighted by atomic mass is 35.5. The first-order chi connectivity index (χ1) is 12.6. The molecule has 1 N–H and O–H groups in total. The molecule has 1 aromatic heterocycles. The van der Waals surface area contributed by atoms with E-state index in [-0.39, 0.29) is 16.7 Å². The van der Waals surface area contributed by atoms with Gasteiger partial charge in [-0.15, -0.1) is 0 Å². The van der Waals surface area contributed by atoms with Crippen LogP contribution in [-0.2, 0) is 17.8 Å². The number of halogens is 1. The lowest BCUT2D eigenvalue weighted by molar-refractivity contribution is -0.131. The van der Waals surface area contributed by atoms with Crippen molar-refractivity contribution in [1.29, 1.82) is 0 Å². The van der Waals surface area contributed by atoms with Crippen molar-refractivity contribution in [3.8, 4) is 5.75 Å². The molecule has 0 aliphatic carbocycles. The van der Waals surface area contributed by atoms with E-state index < -0.39 is 0 Å². The van der Waals surface area contributed by atoms with Gasteiger partial charge < -0.3 is 14.6 Å². The number of carbonyl (C=O) groups is 1. The van der Waals surface area contributed by atoms with Crippen LogP contribution in [0.3, 0.4) is 0 Å². The Bertz CT molecular complexity index is 759. The molecule has 0 unspecified atom stereocenters. The molecule has 1 amide bonds. The molecule has 1 atom stereocenters. The van der Waals surface area contributed by atoms with Gasteiger partial charge in [0.25, 0.3) is 0 Å². The van der Waals surface area contributed by atoms with Gasteiger partial charge in [0.15, 0.2) is 0 Å². The van der Waals surface area contributed by atoms with E-state index in [9.17, 15) is 9.90 Å². The molecule has 2 heterocycles. The zero-order valence-corrected chi connectivity index (χ0v) is 16.0. The Morgan fingerprint density at radius 1 is 1.42 bits per heavy atom. The maximum atomic E-state index is 12.7. The Hall–Kier alpha value is -2.01. The molecule has 140 valence electrons. The molecule has 1 aliphatic heterocycles. The zero-order valence-electron chi connectivity index (χ0n) is 15.2. The molecule has 1 aliphatic rings. The number of phenols is 1. The molecule has 3 rings (SSSR count). The van der Waals surface area contributed by atoms with Gasteiger partial charge >= 0.3 is 0 Å². The lowest BCUT2D eigenvalue weighted by atomic mass is 9.96. The largest absolute Gasteiger partial charge is 0.506 e. The Morgan fingerprint density at radius 3 is 3.04 bits per heavy atom. The molecule has 1 aromatic carbocycles. The average molecular weight is 376 g/mol. The number of imidazole rings is 1. The number of rotatable bonds is 6. The smallest absolute Gasteiger partial charge is 0.227 e. The number of hydrogen-bond donors (Lipinski definition) is 1. The number of benzene rings is 1. The van der Waals surface area contributed by atoms with Crippen LogP contribution in [0.1, 0.15) is 49.9 Å². The first-order valence-corrected chi connectivity index (χ1v) is 9.72. The summed E-state index contributed by atoms with van der Waals surface area (Å²) in [6.45, 7) is 4.68. The molecule has 0 spiro atoms. The Balaban J connectivity index is 1.65. The van der Waals surface area contributed by atoms with Gasteiger partial charge in [0.05, 0.1) is 11.4 Å². The maximum absolute atomic E-state index is 12.7. The third kappa shape index (κ3) is 4.39. The SMILES string of the molecule is CCCCn1ccnc1[C@@H]1CCCN(C(=O)Cc2ccc(O)c(Cl)c2)C1. The van der Waals surface area contributed by atoms with Crippen LogP contribution in [0.4, 0.5) is 0 Å². The van der Waals surface area contributed by atoms with Crippen LogP contribution in [0.15, 0.2) is 30.6 Å². The van der Waals surface area contributed by atoms with Crippen LogP contribution in [0.25, 0.3) is 0 Å². The summed E-state index contributed by atoms with van der Waals surface area (Å²) in [7, 11) is 0. The number of nitrogens with zero attached hydrogens (tertiary/aromatic N) is 3. The summed E-state index contributed by atoms with van der Waals surface area (Å²) < 4.78 is 2.24. The monoisotopic (exact) mass is 375 g/mol. The maximum Gasteiger partial charge on any atom is 0.227 e. The van der Waals surface area contributed by atoms with Gasteiger partial charge in [-0.25, -0.2) is 4.98 Å². The summed E-state index contributed by atoms with van der Waals surface area (Å²) in [6, 6.07) is 4.94. The number of unbranched alkanes of at least 4 members (excludes halogenated alkanes) is 1. The van der Waals surface area contributed by atoms with E-state index in [1.165, 1.54) is 6.07 Å². The lowest BCUT2D eigenvalue weighted by Crippen LogP contribution is -2.40. The van der Waals surface area contributed by atoms with Gasteiger partial charge in [-0.2, -0.15) is 0 Å². The number of carbonyl (C=O) groups excluding carboxylic acids is 1. The molecule has 0 radical (unpaired) electrons. The molecule has 2 aromatic rings. The van der Waals surface area contributed by atoms with Gasteiger partial charge in [0, 0.05) is 37.9 Å². The van der Waals surface area contributed by atoms with Crippen LogP contribution in [0.2, 0.25) is 5.02 Å². The van der Waals surface area contributed by atoms with Crippen molar-refractivity contribution in [1.82, 2.24) is 14.5 Å². The van der Waals surface area contributed by atoms with E-state index in [1.807, 2.05) is 17.3 Å². The topological polar surface area (TPSA) is 58.4 Å². The van der Waals surface area contributed by atoms with Crippen LogP contribution in [-0.4, -0.2) is 38.6 Å². The van der Waals surface area contributed by atoms with E-state index in [0.29, 0.717) is 18.9 Å². The standard InChI is InChI=1S/C20H26ClN3O2/c1-2-3-9-23-11-8-22-20(23)16-5-4-10-24(14-16)19(26)13-15-6-7-18(25)17(21)12-15/h6-8,11-12,16,25H,2-5,9-10,13-14H2,1H3/t16-/m1/s1. The Labute approximate surface area is 159 Å². The number of likely N-dealkylation sites (tertiary alicyclic amines) is 1. The molecule has 5 nitrogen and oxygen atoms in total. The Kier molecular flexibility index (Phi) is 6.20. The average Bonchev–Trinajstić information content (AvgIpc) is 3.11. The minimum Gasteiger partial charge on any atom is -0.506 e. The first-order valence-electron chi connectivity index (χ1n) is 9.34. The highest BCUT2D eigenvalue weighted by Crippen LogP contribution is 2.28. The molecule has 0 bridgehead atoms. The van der Waals surface area contributed by atoms with Crippen LogP contribution in [0, 0.1) is 0 Å². The summed E-state index contributed by atoms with van der Waals surface area (Å²) in [5.74, 6) is 1.54. The predicted molar refractivity (Wildman–Crippen MR) is 103 cm³/mol. The highest BCUT2D eigenvalue weighted by molar-refractivity contribution is 6.32. The van der Waals surface area contributed by atoms with Gasteiger partial charge in [0.1, 0.15) is 11.6 Å². The fourth-order valence-corrected chi connectivity index (χ4v) is 3.76. The normalized spacial score (nSPS) is 17.5.